The van der Waals surface area contributed by atoms with Gasteiger partial charge in [0.2, 0.25) is 0 Å². The minimum absolute atomic E-state index is 0.0729. The molecule has 6 heterocycles. The van der Waals surface area contributed by atoms with Crippen molar-refractivity contribution in [2.24, 2.45) is 11.8 Å². The van der Waals surface area contributed by atoms with Crippen molar-refractivity contribution < 1.29 is 45.4 Å². The van der Waals surface area contributed by atoms with Gasteiger partial charge in [0.05, 0.1) is 43.0 Å². The van der Waals surface area contributed by atoms with E-state index in [-0.39, 0.29) is 38.3 Å². The number of aromatic nitrogens is 6. The van der Waals surface area contributed by atoms with E-state index < -0.39 is 38.6 Å². The first-order valence-electron chi connectivity index (χ1n) is 21.8. The number of nitrogens with one attached hydrogen (secondary N) is 1. The molecule has 0 spiro atoms. The molecule has 0 aliphatic carbocycles. The molecule has 2 aliphatic heterocycles. The van der Waals surface area contributed by atoms with E-state index >= 15 is 0 Å². The van der Waals surface area contributed by atoms with Gasteiger partial charge in [-0.15, -0.1) is 0 Å². The molecule has 6 aromatic rings. The van der Waals surface area contributed by atoms with Gasteiger partial charge in [0.15, 0.2) is 0 Å². The number of rotatable bonds is 12. The van der Waals surface area contributed by atoms with Crippen LogP contribution < -0.4 is 5.32 Å². The van der Waals surface area contributed by atoms with Crippen LogP contribution >= 0.6 is 0 Å². The monoisotopic (exact) mass is 935 g/mol. The molecular weight excluding hydrogens is 878 g/mol. The molecule has 0 radical (unpaired) electrons. The first-order chi connectivity index (χ1) is 30.7. The third-order valence-electron chi connectivity index (χ3n) is 11.7. The Morgan fingerprint density at radius 2 is 1.11 bits per heavy atom. The number of benzene rings is 2. The summed E-state index contributed by atoms with van der Waals surface area (Å²) in [6.45, 7) is 16.4. The maximum Gasteiger partial charge on any atom is 0.337 e. The molecule has 65 heavy (non-hydrogen) atoms. The molecule has 350 valence electrons. The second-order valence-corrected chi connectivity index (χ2v) is 22.4. The summed E-state index contributed by atoms with van der Waals surface area (Å²) in [6, 6.07) is 12.6. The van der Waals surface area contributed by atoms with Gasteiger partial charge in [-0.05, 0) is 86.1 Å². The van der Waals surface area contributed by atoms with E-state index in [9.17, 15) is 30.8 Å². The van der Waals surface area contributed by atoms with Crippen molar-refractivity contribution >= 4 is 54.0 Å². The van der Waals surface area contributed by atoms with Gasteiger partial charge in [0.25, 0.3) is 26.0 Å². The number of carbonyl (C=O) groups excluding carboxylic acids is 1. The Morgan fingerprint density at radius 1 is 0.692 bits per heavy atom. The molecule has 0 atom stereocenters. The van der Waals surface area contributed by atoms with Gasteiger partial charge in [-0.2, -0.15) is 0 Å². The molecule has 2 aromatic carbocycles. The lowest BCUT2D eigenvalue weighted by atomic mass is 9.94. The molecule has 2 N–H and O–H groups in total. The molecule has 2 saturated heterocycles. The molecule has 8 rings (SSSR count). The van der Waals surface area contributed by atoms with E-state index in [4.69, 9.17) is 24.5 Å². The Labute approximate surface area is 378 Å². The number of halogens is 1. The second kappa shape index (κ2) is 18.9. The van der Waals surface area contributed by atoms with Crippen LogP contribution in [0.2, 0.25) is 0 Å². The van der Waals surface area contributed by atoms with Crippen molar-refractivity contribution in [1.82, 2.24) is 32.4 Å². The van der Waals surface area contributed by atoms with Gasteiger partial charge in [-0.25, -0.2) is 43.9 Å². The summed E-state index contributed by atoms with van der Waals surface area (Å²) in [6.07, 6.45) is 8.87. The molecule has 2 fully saturated rings. The lowest BCUT2D eigenvalue weighted by Gasteiger charge is -2.26. The van der Waals surface area contributed by atoms with Crippen molar-refractivity contribution in [1.29, 1.82) is 0 Å². The minimum Gasteiger partial charge on any atom is -0.478 e. The zero-order valence-electron chi connectivity index (χ0n) is 37.7. The zero-order chi connectivity index (χ0) is 46.9. The summed E-state index contributed by atoms with van der Waals surface area (Å²) in [5.41, 5.74) is 2.67. The number of carbonyl (C=O) groups is 2. The molecule has 0 saturated carbocycles. The van der Waals surface area contributed by atoms with Crippen LogP contribution in [0.3, 0.4) is 0 Å². The summed E-state index contributed by atoms with van der Waals surface area (Å²) in [7, 11) is -7.85. The van der Waals surface area contributed by atoms with Gasteiger partial charge in [-0.3, -0.25) is 4.79 Å². The number of imidazole rings is 2. The average molecular weight is 936 g/mol. The first-order valence-corrected chi connectivity index (χ1v) is 24.7. The van der Waals surface area contributed by atoms with E-state index in [1.807, 2.05) is 6.07 Å². The quantitative estimate of drug-likeness (QED) is 0.128. The SMILES string of the molecule is CC(C)(C)c1nc2cc(S(=O)(=O)n3ccc(C(=O)NCCF)c3)ccc2n1CC1CCOCC1.CC(C)(C)c1nc2cc(S(=O)(=O)n3ccc(C(=O)O)c3)ccc2n1CC1CCOCC1. The molecule has 16 nitrogen and oxygen atoms in total. The highest BCUT2D eigenvalue weighted by Gasteiger charge is 2.29. The third kappa shape index (κ3) is 10.4. The predicted octanol–water partition coefficient (Wildman–Crippen LogP) is 7.00. The second-order valence-electron chi connectivity index (χ2n) is 18.7. The number of aromatic carboxylic acids is 1. The highest BCUT2D eigenvalue weighted by atomic mass is 32.2. The molecular formula is C46H58FN7O9S2. The number of carboxylic acids is 1. The van der Waals surface area contributed by atoms with Crippen LogP contribution in [0.25, 0.3) is 22.1 Å². The average Bonchev–Trinajstić information content (AvgIpc) is 4.09. The fourth-order valence-corrected chi connectivity index (χ4v) is 10.7. The van der Waals surface area contributed by atoms with Crippen molar-refractivity contribution in [3.8, 4) is 0 Å². The summed E-state index contributed by atoms with van der Waals surface area (Å²) in [5.74, 6) is 1.10. The first kappa shape index (κ1) is 47.6. The lowest BCUT2D eigenvalue weighted by Crippen LogP contribution is -2.25. The summed E-state index contributed by atoms with van der Waals surface area (Å²) >= 11 is 0. The highest BCUT2D eigenvalue weighted by Crippen LogP contribution is 2.33. The third-order valence-corrected chi connectivity index (χ3v) is 15.0. The molecule has 2 aliphatic rings. The number of hydrogen-bond donors (Lipinski definition) is 2. The van der Waals surface area contributed by atoms with E-state index in [1.54, 1.807) is 30.3 Å². The van der Waals surface area contributed by atoms with Crippen LogP contribution in [0.4, 0.5) is 4.39 Å². The van der Waals surface area contributed by atoms with Gasteiger partial charge >= 0.3 is 5.97 Å². The summed E-state index contributed by atoms with van der Waals surface area (Å²) in [4.78, 5) is 33.0. The maximum absolute atomic E-state index is 13.3. The van der Waals surface area contributed by atoms with E-state index in [2.05, 4.69) is 56.0 Å². The highest BCUT2D eigenvalue weighted by molar-refractivity contribution is 7.90. The molecule has 1 amide bonds. The number of nitrogens with zero attached hydrogens (tertiary/aromatic N) is 6. The summed E-state index contributed by atoms with van der Waals surface area (Å²) in [5, 5.41) is 11.5. The normalized spacial score (nSPS) is 15.9. The largest absolute Gasteiger partial charge is 0.478 e. The molecule has 0 bridgehead atoms. The Balaban J connectivity index is 0.000000195. The Hall–Kier alpha value is -5.37. The fraction of sp³-hybridized carbons (Fsp3) is 0.478. The Kier molecular flexibility index (Phi) is 13.8. The van der Waals surface area contributed by atoms with E-state index in [0.717, 1.165) is 102 Å². The van der Waals surface area contributed by atoms with Crippen LogP contribution in [0.15, 0.2) is 83.1 Å². The van der Waals surface area contributed by atoms with Gasteiger partial charge in [-0.1, -0.05) is 41.5 Å². The maximum atomic E-state index is 13.3. The topological polar surface area (TPSA) is 199 Å². The number of fused-ring (bicyclic) bond motifs is 2. The lowest BCUT2D eigenvalue weighted by molar-refractivity contribution is 0.0610. The van der Waals surface area contributed by atoms with Gasteiger partial charge in [0.1, 0.15) is 18.3 Å². The van der Waals surface area contributed by atoms with Gasteiger partial charge in [0, 0.05) is 81.7 Å². The van der Waals surface area contributed by atoms with Crippen molar-refractivity contribution in [3.63, 3.8) is 0 Å². The predicted molar refractivity (Wildman–Crippen MR) is 243 cm³/mol. The smallest absolute Gasteiger partial charge is 0.337 e. The molecule has 0 unspecified atom stereocenters. The van der Waals surface area contributed by atoms with Crippen LogP contribution in [0, 0.1) is 11.8 Å². The standard InChI is InChI=1S/C24H31FN4O4S.C22H27N3O5S/c1-24(2,3)23-27-20-14-19(4-5-21(20)29(23)15-17-7-12-33-13-8-17)34(31,32)28-11-6-18(16-28)22(30)26-10-9-25;1-22(2,3)21-23-18-12-17(31(28,29)24-9-6-16(14-24)20(26)27)4-5-19(18)25(21)13-15-7-10-30-11-8-15/h4-6,11,14,16-17H,7-10,12-13,15H2,1-3H3,(H,26,30);4-6,9,12,14-15H,7-8,10-11,13H2,1-3H3,(H,26,27). The molecule has 4 aromatic heterocycles. The summed E-state index contributed by atoms with van der Waals surface area (Å²) < 4.78 is 82.3. The number of ether oxygens (including phenoxy) is 2. The number of carboxylic acid groups (broad SMARTS) is 1. The van der Waals surface area contributed by atoms with Crippen LogP contribution in [0.1, 0.15) is 99.6 Å². The minimum atomic E-state index is -3.93. The Morgan fingerprint density at radius 3 is 1.49 bits per heavy atom. The van der Waals surface area contributed by atoms with Gasteiger partial charge < -0.3 is 29.0 Å². The van der Waals surface area contributed by atoms with Crippen molar-refractivity contribution in [2.75, 3.05) is 39.6 Å². The van der Waals surface area contributed by atoms with Crippen molar-refractivity contribution in [3.05, 3.63) is 96.1 Å². The number of amides is 1. The van der Waals surface area contributed by atoms with Crippen molar-refractivity contribution in [2.45, 2.75) is 101 Å². The fourth-order valence-electron chi connectivity index (χ4n) is 8.25. The van der Waals surface area contributed by atoms with E-state index in [1.165, 1.54) is 30.7 Å². The van der Waals surface area contributed by atoms with Crippen LogP contribution in [-0.4, -0.2) is 101 Å². The zero-order valence-corrected chi connectivity index (χ0v) is 39.3. The molecule has 19 heteroatoms. The number of hydrogen-bond acceptors (Lipinski definition) is 10. The van der Waals surface area contributed by atoms with E-state index in [0.29, 0.717) is 22.9 Å². The number of alkyl halides is 1. The van der Waals surface area contributed by atoms with Crippen LogP contribution in [-0.2, 0) is 53.4 Å². The Bertz CT molecular complexity index is 2910. The van der Waals surface area contributed by atoms with Crippen LogP contribution in [0.5, 0.6) is 0 Å².